The first-order chi connectivity index (χ1) is 9.78. The van der Waals surface area contributed by atoms with E-state index in [-0.39, 0.29) is 10.1 Å². The number of halogens is 1. The summed E-state index contributed by atoms with van der Waals surface area (Å²) in [6.45, 7) is 3.22. The molecule has 112 valence electrons. The topological polar surface area (TPSA) is 75.3 Å². The number of anilines is 2. The highest BCUT2D eigenvalue weighted by Gasteiger charge is 2.18. The quantitative estimate of drug-likeness (QED) is 0.840. The molecule has 0 aliphatic rings. The maximum absolute atomic E-state index is 12.3. The molecule has 1 aromatic carbocycles. The van der Waals surface area contributed by atoms with Gasteiger partial charge in [0.15, 0.2) is 0 Å². The van der Waals surface area contributed by atoms with Gasteiger partial charge >= 0.3 is 0 Å². The molecule has 2 aromatic rings. The number of hydrogen-bond acceptors (Lipinski definition) is 4. The molecule has 5 nitrogen and oxygen atoms in total. The van der Waals surface area contributed by atoms with Gasteiger partial charge in [-0.05, 0) is 52.7 Å². The Kier molecular flexibility index (Phi) is 4.70. The number of rotatable bonds is 4. The van der Waals surface area contributed by atoms with E-state index in [1.807, 2.05) is 6.92 Å². The van der Waals surface area contributed by atoms with Crippen molar-refractivity contribution in [2.75, 3.05) is 10.0 Å². The molecule has 21 heavy (non-hydrogen) atoms. The lowest BCUT2D eigenvalue weighted by atomic mass is 10.3. The van der Waals surface area contributed by atoms with Crippen LogP contribution in [0.1, 0.15) is 12.5 Å². The second-order valence-corrected chi connectivity index (χ2v) is 8.67. The molecule has 1 amide bonds. The van der Waals surface area contributed by atoms with Gasteiger partial charge < -0.3 is 5.32 Å². The van der Waals surface area contributed by atoms with E-state index < -0.39 is 10.0 Å². The number of sulfonamides is 1. The van der Waals surface area contributed by atoms with Crippen molar-refractivity contribution < 1.29 is 13.2 Å². The van der Waals surface area contributed by atoms with E-state index >= 15 is 0 Å². The summed E-state index contributed by atoms with van der Waals surface area (Å²) in [5.41, 5.74) is 1.79. The van der Waals surface area contributed by atoms with Crippen LogP contribution >= 0.6 is 27.3 Å². The molecular formula is C13H13BrN2O3S2. The third kappa shape index (κ3) is 4.05. The summed E-state index contributed by atoms with van der Waals surface area (Å²) in [5, 5.41) is 2.61. The Hall–Kier alpha value is -1.38. The minimum Gasteiger partial charge on any atom is -0.326 e. The average Bonchev–Trinajstić information content (AvgIpc) is 2.69. The van der Waals surface area contributed by atoms with Gasteiger partial charge in [0.1, 0.15) is 4.21 Å². The van der Waals surface area contributed by atoms with Gasteiger partial charge in [-0.3, -0.25) is 9.52 Å². The van der Waals surface area contributed by atoms with E-state index in [9.17, 15) is 13.2 Å². The van der Waals surface area contributed by atoms with Crippen molar-refractivity contribution in [1.82, 2.24) is 0 Å². The number of aryl methyl sites for hydroxylation is 1. The van der Waals surface area contributed by atoms with E-state index in [0.29, 0.717) is 11.4 Å². The van der Waals surface area contributed by atoms with Gasteiger partial charge in [-0.15, -0.1) is 11.3 Å². The number of hydrogen-bond donors (Lipinski definition) is 2. The number of carbonyl (C=O) groups excluding carboxylic acids is 1. The van der Waals surface area contributed by atoms with Crippen LogP contribution in [0.25, 0.3) is 0 Å². The molecule has 0 bridgehead atoms. The summed E-state index contributed by atoms with van der Waals surface area (Å²) in [6, 6.07) is 8.14. The maximum Gasteiger partial charge on any atom is 0.271 e. The highest BCUT2D eigenvalue weighted by atomic mass is 79.9. The van der Waals surface area contributed by atoms with Crippen molar-refractivity contribution in [3.8, 4) is 0 Å². The molecule has 0 fully saturated rings. The lowest BCUT2D eigenvalue weighted by Gasteiger charge is -2.08. The van der Waals surface area contributed by atoms with Crippen molar-refractivity contribution in [2.24, 2.45) is 0 Å². The molecule has 0 spiro atoms. The van der Waals surface area contributed by atoms with Gasteiger partial charge in [-0.25, -0.2) is 8.42 Å². The number of benzene rings is 1. The fourth-order valence-electron chi connectivity index (χ4n) is 1.63. The van der Waals surface area contributed by atoms with Crippen LogP contribution in [0.5, 0.6) is 0 Å². The van der Waals surface area contributed by atoms with Crippen LogP contribution < -0.4 is 10.0 Å². The van der Waals surface area contributed by atoms with Crippen molar-refractivity contribution >= 4 is 54.6 Å². The van der Waals surface area contributed by atoms with Crippen LogP contribution in [-0.2, 0) is 14.8 Å². The minimum absolute atomic E-state index is 0.215. The molecule has 2 rings (SSSR count). The van der Waals surface area contributed by atoms with E-state index in [1.54, 1.807) is 30.3 Å². The molecule has 0 aliphatic carbocycles. The highest BCUT2D eigenvalue weighted by Crippen LogP contribution is 2.31. The maximum atomic E-state index is 12.3. The summed E-state index contributed by atoms with van der Waals surface area (Å²) >= 11 is 4.46. The molecule has 0 unspecified atom stereocenters. The Labute approximate surface area is 135 Å². The van der Waals surface area contributed by atoms with Crippen molar-refractivity contribution in [2.45, 2.75) is 18.1 Å². The predicted molar refractivity (Wildman–Crippen MR) is 88.3 cm³/mol. The van der Waals surface area contributed by atoms with Crippen molar-refractivity contribution in [3.05, 3.63) is 39.7 Å². The van der Waals surface area contributed by atoms with Gasteiger partial charge in [0, 0.05) is 12.6 Å². The summed E-state index contributed by atoms with van der Waals surface area (Å²) in [6.07, 6.45) is 0. The molecule has 0 radical (unpaired) electrons. The predicted octanol–water partition coefficient (Wildman–Crippen LogP) is 3.58. The van der Waals surface area contributed by atoms with Crippen LogP contribution in [0, 0.1) is 6.92 Å². The number of nitrogens with one attached hydrogen (secondary N) is 2. The summed E-state index contributed by atoms with van der Waals surface area (Å²) < 4.78 is 28.1. The SMILES string of the molecule is CC(=O)Nc1cccc(NS(=O)(=O)c2cc(C)c(Br)s2)c1. The standard InChI is InChI=1S/C13H13BrN2O3S2/c1-8-6-12(20-13(8)14)21(18,19)16-11-5-3-4-10(7-11)15-9(2)17/h3-7,16H,1-2H3,(H,15,17). The molecule has 0 saturated heterocycles. The number of thiophene rings is 1. The minimum atomic E-state index is -3.63. The zero-order valence-corrected chi connectivity index (χ0v) is 14.5. The third-order valence-electron chi connectivity index (χ3n) is 2.53. The Morgan fingerprint density at radius 3 is 2.48 bits per heavy atom. The average molecular weight is 389 g/mol. The van der Waals surface area contributed by atoms with Crippen LogP contribution in [0.3, 0.4) is 0 Å². The largest absolute Gasteiger partial charge is 0.326 e. The Balaban J connectivity index is 2.26. The highest BCUT2D eigenvalue weighted by molar-refractivity contribution is 9.11. The molecule has 1 aromatic heterocycles. The van der Waals surface area contributed by atoms with Crippen molar-refractivity contribution in [1.29, 1.82) is 0 Å². The smallest absolute Gasteiger partial charge is 0.271 e. The Morgan fingerprint density at radius 1 is 1.24 bits per heavy atom. The Morgan fingerprint density at radius 2 is 1.90 bits per heavy atom. The lowest BCUT2D eigenvalue weighted by molar-refractivity contribution is -0.114. The Bertz CT molecular complexity index is 765. The van der Waals surface area contributed by atoms with E-state index in [2.05, 4.69) is 26.0 Å². The second-order valence-electron chi connectivity index (χ2n) is 4.39. The van der Waals surface area contributed by atoms with E-state index in [4.69, 9.17) is 0 Å². The zero-order valence-electron chi connectivity index (χ0n) is 11.3. The molecule has 2 N–H and O–H groups in total. The van der Waals surface area contributed by atoms with Crippen LogP contribution in [0.15, 0.2) is 38.3 Å². The molecule has 8 heteroatoms. The summed E-state index contributed by atoms with van der Waals surface area (Å²) in [5.74, 6) is -0.215. The first kappa shape index (κ1) is 16.0. The van der Waals surface area contributed by atoms with Gasteiger partial charge in [-0.1, -0.05) is 6.07 Å². The first-order valence-corrected chi connectivity index (χ1v) is 9.03. The molecule has 0 atom stereocenters. The van der Waals surface area contributed by atoms with Crippen LogP contribution in [-0.4, -0.2) is 14.3 Å². The molecule has 1 heterocycles. The van der Waals surface area contributed by atoms with E-state index in [1.165, 1.54) is 6.92 Å². The summed E-state index contributed by atoms with van der Waals surface area (Å²) in [7, 11) is -3.63. The molecule has 0 aliphatic heterocycles. The number of amides is 1. The van der Waals surface area contributed by atoms with Crippen LogP contribution in [0.2, 0.25) is 0 Å². The number of carbonyl (C=O) groups is 1. The second kappa shape index (κ2) is 6.17. The fourth-order valence-corrected chi connectivity index (χ4v) is 4.91. The van der Waals surface area contributed by atoms with Crippen molar-refractivity contribution in [3.63, 3.8) is 0 Å². The summed E-state index contributed by atoms with van der Waals surface area (Å²) in [4.78, 5) is 11.0. The molecule has 0 saturated carbocycles. The normalized spacial score (nSPS) is 11.2. The third-order valence-corrected chi connectivity index (χ3v) is 6.53. The molecular weight excluding hydrogens is 376 g/mol. The van der Waals surface area contributed by atoms with Gasteiger partial charge in [0.25, 0.3) is 10.0 Å². The van der Waals surface area contributed by atoms with E-state index in [0.717, 1.165) is 20.7 Å². The van der Waals surface area contributed by atoms with Crippen LogP contribution in [0.4, 0.5) is 11.4 Å². The van der Waals surface area contributed by atoms with Gasteiger partial charge in [-0.2, -0.15) is 0 Å². The van der Waals surface area contributed by atoms with Gasteiger partial charge in [0.2, 0.25) is 5.91 Å². The fraction of sp³-hybridized carbons (Fsp3) is 0.154. The lowest BCUT2D eigenvalue weighted by Crippen LogP contribution is -2.12. The monoisotopic (exact) mass is 388 g/mol. The first-order valence-electron chi connectivity index (χ1n) is 5.94. The zero-order chi connectivity index (χ0) is 15.6. The van der Waals surface area contributed by atoms with Gasteiger partial charge in [0.05, 0.1) is 9.47 Å².